The molecule has 0 saturated heterocycles. The summed E-state index contributed by atoms with van der Waals surface area (Å²) in [5.74, 6) is -0.832. The number of methoxy groups -OCH3 is 2. The Labute approximate surface area is 90.9 Å². The van der Waals surface area contributed by atoms with Crippen LogP contribution in [0.4, 0.5) is 0 Å². The molecule has 0 radical (unpaired) electrons. The Morgan fingerprint density at radius 2 is 1.73 bits per heavy atom. The lowest BCUT2D eigenvalue weighted by atomic mass is 10.3. The van der Waals surface area contributed by atoms with Crippen molar-refractivity contribution in [3.8, 4) is 0 Å². The minimum atomic E-state index is -1.78. The molecule has 15 heavy (non-hydrogen) atoms. The van der Waals surface area contributed by atoms with Crippen molar-refractivity contribution in [2.75, 3.05) is 14.2 Å². The van der Waals surface area contributed by atoms with Crippen molar-refractivity contribution in [3.05, 3.63) is 0 Å². The van der Waals surface area contributed by atoms with Gasteiger partial charge < -0.3 is 9.47 Å². The Kier molecular flexibility index (Phi) is 2.96. The van der Waals surface area contributed by atoms with E-state index in [-0.39, 0.29) is 17.9 Å². The van der Waals surface area contributed by atoms with Crippen molar-refractivity contribution >= 4 is 20.0 Å². The third-order valence-corrected chi connectivity index (χ3v) is 6.77. The summed E-state index contributed by atoms with van der Waals surface area (Å²) in [6, 6.07) is 0. The minimum absolute atomic E-state index is 0.253. The quantitative estimate of drug-likeness (QED) is 0.543. The largest absolute Gasteiger partial charge is 0.469 e. The van der Waals surface area contributed by atoms with E-state index >= 15 is 0 Å². The van der Waals surface area contributed by atoms with Gasteiger partial charge in [0.2, 0.25) is 0 Å². The monoisotopic (exact) mass is 230 g/mol. The second kappa shape index (κ2) is 3.63. The summed E-state index contributed by atoms with van der Waals surface area (Å²) in [6.45, 7) is 6.23. The van der Waals surface area contributed by atoms with E-state index in [0.29, 0.717) is 6.42 Å². The fraction of sp³-hybridized carbons (Fsp3) is 0.800. The Morgan fingerprint density at radius 3 is 2.07 bits per heavy atom. The standard InChI is InChI=1S/C10H18O4Si/c1-13-8(11)7-6-10(7,9(12)14-2)15(3,4)5/h7H,6H2,1-5H3/t7-,10+/m0/s1. The van der Waals surface area contributed by atoms with Crippen LogP contribution >= 0.6 is 0 Å². The first-order valence-electron chi connectivity index (χ1n) is 4.97. The minimum Gasteiger partial charge on any atom is -0.469 e. The fourth-order valence-electron chi connectivity index (χ4n) is 2.23. The average Bonchev–Trinajstić information content (AvgIpc) is 2.90. The molecule has 1 aliphatic rings. The van der Waals surface area contributed by atoms with Gasteiger partial charge in [0, 0.05) is 0 Å². The van der Waals surface area contributed by atoms with Gasteiger partial charge >= 0.3 is 11.9 Å². The normalized spacial score (nSPS) is 29.5. The molecule has 4 nitrogen and oxygen atoms in total. The predicted molar refractivity (Wildman–Crippen MR) is 58.2 cm³/mol. The summed E-state index contributed by atoms with van der Waals surface area (Å²) < 4.78 is 9.51. The SMILES string of the molecule is COC(=O)[C@@H]1C[C@@]1(C(=O)OC)[Si](C)(C)C. The van der Waals surface area contributed by atoms with E-state index in [2.05, 4.69) is 19.6 Å². The molecule has 5 heteroatoms. The molecule has 86 valence electrons. The summed E-state index contributed by atoms with van der Waals surface area (Å²) in [4.78, 5) is 23.2. The molecule has 2 atom stereocenters. The summed E-state index contributed by atoms with van der Waals surface area (Å²) in [7, 11) is 0.951. The van der Waals surface area contributed by atoms with Crippen molar-refractivity contribution in [2.45, 2.75) is 31.1 Å². The molecule has 0 aromatic heterocycles. The van der Waals surface area contributed by atoms with Gasteiger partial charge in [0.15, 0.2) is 0 Å². The molecule has 0 spiro atoms. The van der Waals surface area contributed by atoms with E-state index in [9.17, 15) is 9.59 Å². The lowest BCUT2D eigenvalue weighted by molar-refractivity contribution is -0.147. The lowest BCUT2D eigenvalue weighted by Crippen LogP contribution is -2.39. The molecule has 1 saturated carbocycles. The van der Waals surface area contributed by atoms with E-state index < -0.39 is 13.1 Å². The van der Waals surface area contributed by atoms with Gasteiger partial charge in [0.1, 0.15) is 0 Å². The van der Waals surface area contributed by atoms with E-state index in [1.165, 1.54) is 14.2 Å². The van der Waals surface area contributed by atoms with Crippen LogP contribution in [-0.4, -0.2) is 34.2 Å². The molecule has 0 N–H and O–H groups in total. The molecule has 0 aliphatic heterocycles. The average molecular weight is 230 g/mol. The van der Waals surface area contributed by atoms with Crippen molar-refractivity contribution in [1.29, 1.82) is 0 Å². The predicted octanol–water partition coefficient (Wildman–Crippen LogP) is 1.43. The number of rotatable bonds is 3. The van der Waals surface area contributed by atoms with Gasteiger partial charge in [0.05, 0.1) is 33.2 Å². The Balaban J connectivity index is 2.96. The molecule has 0 amide bonds. The van der Waals surface area contributed by atoms with E-state index in [1.54, 1.807) is 0 Å². The van der Waals surface area contributed by atoms with Crippen molar-refractivity contribution < 1.29 is 19.1 Å². The van der Waals surface area contributed by atoms with Gasteiger partial charge in [-0.05, 0) is 6.42 Å². The zero-order chi connectivity index (χ0) is 11.9. The van der Waals surface area contributed by atoms with E-state index in [0.717, 1.165) is 0 Å². The maximum Gasteiger partial charge on any atom is 0.309 e. The van der Waals surface area contributed by atoms with Gasteiger partial charge in [-0.1, -0.05) is 19.6 Å². The maximum absolute atomic E-state index is 11.8. The highest BCUT2D eigenvalue weighted by molar-refractivity contribution is 6.83. The van der Waals surface area contributed by atoms with Crippen molar-refractivity contribution in [1.82, 2.24) is 0 Å². The van der Waals surface area contributed by atoms with Crippen LogP contribution in [0.2, 0.25) is 24.7 Å². The fourth-order valence-corrected chi connectivity index (χ4v) is 4.93. The zero-order valence-electron chi connectivity index (χ0n) is 9.92. The van der Waals surface area contributed by atoms with Gasteiger partial charge in [-0.3, -0.25) is 9.59 Å². The Morgan fingerprint density at radius 1 is 1.20 bits per heavy atom. The topological polar surface area (TPSA) is 52.6 Å². The van der Waals surface area contributed by atoms with E-state index in [1.807, 2.05) is 0 Å². The van der Waals surface area contributed by atoms with Crippen LogP contribution in [0, 0.1) is 5.92 Å². The Bertz CT molecular complexity index is 294. The third kappa shape index (κ3) is 1.69. The molecule has 0 heterocycles. The molecule has 1 aliphatic carbocycles. The summed E-state index contributed by atoms with van der Waals surface area (Å²) in [5, 5.41) is -0.561. The van der Waals surface area contributed by atoms with Crippen molar-refractivity contribution in [3.63, 3.8) is 0 Å². The molecule has 0 aromatic rings. The van der Waals surface area contributed by atoms with Crippen LogP contribution in [0.25, 0.3) is 0 Å². The highest BCUT2D eigenvalue weighted by atomic mass is 28.3. The number of ether oxygens (including phenoxy) is 2. The summed E-state index contributed by atoms with van der Waals surface area (Å²) in [6.07, 6.45) is 0.585. The van der Waals surface area contributed by atoms with Gasteiger partial charge in [0.25, 0.3) is 0 Å². The van der Waals surface area contributed by atoms with Crippen LogP contribution < -0.4 is 0 Å². The molecular formula is C10H18O4Si. The third-order valence-electron chi connectivity index (χ3n) is 3.33. The second-order valence-corrected chi connectivity index (χ2v) is 10.4. The molecule has 1 fully saturated rings. The number of hydrogen-bond donors (Lipinski definition) is 0. The molecular weight excluding hydrogens is 212 g/mol. The van der Waals surface area contributed by atoms with Crippen LogP contribution in [0.1, 0.15) is 6.42 Å². The number of carbonyl (C=O) groups excluding carboxylic acids is 2. The first-order chi connectivity index (χ1) is 6.81. The van der Waals surface area contributed by atoms with Crippen LogP contribution in [0.15, 0.2) is 0 Å². The number of carbonyl (C=O) groups is 2. The van der Waals surface area contributed by atoms with Crippen LogP contribution in [0.3, 0.4) is 0 Å². The highest BCUT2D eigenvalue weighted by Crippen LogP contribution is 2.66. The number of esters is 2. The zero-order valence-corrected chi connectivity index (χ0v) is 10.9. The second-order valence-electron chi connectivity index (χ2n) is 4.99. The summed E-state index contributed by atoms with van der Waals surface area (Å²) in [5.41, 5.74) is 0. The van der Waals surface area contributed by atoms with Crippen molar-refractivity contribution in [2.24, 2.45) is 5.92 Å². The number of hydrogen-bond acceptors (Lipinski definition) is 4. The van der Waals surface area contributed by atoms with E-state index in [4.69, 9.17) is 9.47 Å². The first kappa shape index (κ1) is 12.2. The molecule has 0 unspecified atom stereocenters. The first-order valence-corrected chi connectivity index (χ1v) is 8.47. The molecule has 1 rings (SSSR count). The lowest BCUT2D eigenvalue weighted by Gasteiger charge is -2.27. The molecule has 0 aromatic carbocycles. The summed E-state index contributed by atoms with van der Waals surface area (Å²) >= 11 is 0. The van der Waals surface area contributed by atoms with Gasteiger partial charge in [-0.2, -0.15) is 0 Å². The van der Waals surface area contributed by atoms with Gasteiger partial charge in [-0.15, -0.1) is 0 Å². The highest BCUT2D eigenvalue weighted by Gasteiger charge is 2.71. The molecule has 0 bridgehead atoms. The Hall–Kier alpha value is -0.843. The smallest absolute Gasteiger partial charge is 0.309 e. The van der Waals surface area contributed by atoms with Gasteiger partial charge in [-0.25, -0.2) is 0 Å². The van der Waals surface area contributed by atoms with Crippen LogP contribution in [0.5, 0.6) is 0 Å². The van der Waals surface area contributed by atoms with Crippen LogP contribution in [-0.2, 0) is 19.1 Å². The maximum atomic E-state index is 11.8.